The molecule has 0 aliphatic rings. The molecule has 3 N–H and O–H groups in total. The Morgan fingerprint density at radius 2 is 2.12 bits per heavy atom. The van der Waals surface area contributed by atoms with E-state index in [-0.39, 0.29) is 35.5 Å². The van der Waals surface area contributed by atoms with E-state index in [0.29, 0.717) is 24.8 Å². The summed E-state index contributed by atoms with van der Waals surface area (Å²) < 4.78 is 18.4. The first-order valence-electron chi connectivity index (χ1n) is 7.65. The number of hydrogen-bond donors (Lipinski definition) is 3. The Labute approximate surface area is 168 Å². The van der Waals surface area contributed by atoms with E-state index in [4.69, 9.17) is 16.0 Å². The highest BCUT2D eigenvalue weighted by Gasteiger charge is 2.26. The first kappa shape index (κ1) is 21.7. The number of rotatable bonds is 6. The molecule has 8 heteroatoms. The minimum absolute atomic E-state index is 0. The zero-order chi connectivity index (χ0) is 17.6. The Kier molecular flexibility index (Phi) is 8.67. The van der Waals surface area contributed by atoms with Gasteiger partial charge in [0.1, 0.15) is 17.2 Å². The molecule has 2 aromatic rings. The molecule has 1 heterocycles. The van der Waals surface area contributed by atoms with Gasteiger partial charge in [-0.15, -0.1) is 24.0 Å². The summed E-state index contributed by atoms with van der Waals surface area (Å²) in [4.78, 5) is 4.41. The summed E-state index contributed by atoms with van der Waals surface area (Å²) in [5, 5.41) is 16.7. The van der Waals surface area contributed by atoms with Crippen molar-refractivity contribution in [3.05, 3.63) is 58.8 Å². The van der Waals surface area contributed by atoms with E-state index in [9.17, 15) is 9.50 Å². The highest BCUT2D eigenvalue weighted by atomic mass is 127. The van der Waals surface area contributed by atoms with Gasteiger partial charge in [-0.25, -0.2) is 9.38 Å². The van der Waals surface area contributed by atoms with Crippen LogP contribution in [0, 0.1) is 5.82 Å². The zero-order valence-corrected chi connectivity index (χ0v) is 17.1. The molecule has 0 radical (unpaired) electrons. The molecule has 5 nitrogen and oxygen atoms in total. The third-order valence-corrected chi connectivity index (χ3v) is 3.69. The lowest BCUT2D eigenvalue weighted by Gasteiger charge is -2.22. The fourth-order valence-electron chi connectivity index (χ4n) is 2.08. The van der Waals surface area contributed by atoms with Crippen molar-refractivity contribution in [2.24, 2.45) is 4.99 Å². The number of benzene rings is 1. The SMILES string of the molecule is CCNC(=NCc1ccc(F)c(Cl)c1)NCC(C)(O)c1ccco1.I. The quantitative estimate of drug-likeness (QED) is 0.335. The molecule has 0 aliphatic heterocycles. The van der Waals surface area contributed by atoms with E-state index in [1.165, 1.54) is 12.3 Å². The molecule has 2 rings (SSSR count). The summed E-state index contributed by atoms with van der Waals surface area (Å²) in [6.45, 7) is 4.81. The van der Waals surface area contributed by atoms with Gasteiger partial charge >= 0.3 is 0 Å². The van der Waals surface area contributed by atoms with Crippen LogP contribution >= 0.6 is 35.6 Å². The highest BCUT2D eigenvalue weighted by Crippen LogP contribution is 2.20. The number of aliphatic hydroxyl groups is 1. The summed E-state index contributed by atoms with van der Waals surface area (Å²) in [5.74, 6) is 0.546. The van der Waals surface area contributed by atoms with Crippen molar-refractivity contribution in [1.29, 1.82) is 0 Å². The van der Waals surface area contributed by atoms with E-state index >= 15 is 0 Å². The Bertz CT molecular complexity index is 693. The molecule has 1 aromatic heterocycles. The highest BCUT2D eigenvalue weighted by molar-refractivity contribution is 14.0. The van der Waals surface area contributed by atoms with Gasteiger partial charge in [0.25, 0.3) is 0 Å². The maximum absolute atomic E-state index is 13.2. The lowest BCUT2D eigenvalue weighted by Crippen LogP contribution is -2.44. The minimum atomic E-state index is -1.17. The van der Waals surface area contributed by atoms with Crippen LogP contribution in [0.2, 0.25) is 5.02 Å². The zero-order valence-electron chi connectivity index (χ0n) is 14.1. The number of furan rings is 1. The van der Waals surface area contributed by atoms with Gasteiger partial charge in [0.15, 0.2) is 5.96 Å². The summed E-state index contributed by atoms with van der Waals surface area (Å²) in [7, 11) is 0. The van der Waals surface area contributed by atoms with Crippen LogP contribution in [0.4, 0.5) is 4.39 Å². The molecule has 0 saturated carbocycles. The molecule has 0 saturated heterocycles. The second kappa shape index (κ2) is 9.98. The summed E-state index contributed by atoms with van der Waals surface area (Å²) in [6, 6.07) is 7.93. The van der Waals surface area contributed by atoms with Crippen molar-refractivity contribution in [2.75, 3.05) is 13.1 Å². The Morgan fingerprint density at radius 1 is 1.36 bits per heavy atom. The Hall–Kier alpha value is -1.32. The smallest absolute Gasteiger partial charge is 0.191 e. The van der Waals surface area contributed by atoms with Crippen LogP contribution in [0.3, 0.4) is 0 Å². The maximum Gasteiger partial charge on any atom is 0.191 e. The molecule has 0 aliphatic carbocycles. The molecule has 0 amide bonds. The van der Waals surface area contributed by atoms with Crippen molar-refractivity contribution < 1.29 is 13.9 Å². The summed E-state index contributed by atoms with van der Waals surface area (Å²) in [6.07, 6.45) is 1.52. The van der Waals surface area contributed by atoms with Crippen LogP contribution in [-0.4, -0.2) is 24.2 Å². The van der Waals surface area contributed by atoms with Crippen LogP contribution in [0.25, 0.3) is 0 Å². The first-order valence-corrected chi connectivity index (χ1v) is 8.02. The number of guanidine groups is 1. The van der Waals surface area contributed by atoms with Gasteiger partial charge in [0, 0.05) is 6.54 Å². The average Bonchev–Trinajstić information content (AvgIpc) is 3.09. The summed E-state index contributed by atoms with van der Waals surface area (Å²) >= 11 is 5.77. The molecule has 1 atom stereocenters. The second-order valence-corrected chi connectivity index (χ2v) is 5.96. The van der Waals surface area contributed by atoms with Gasteiger partial charge in [-0.3, -0.25) is 0 Å². The number of nitrogens with one attached hydrogen (secondary N) is 2. The third kappa shape index (κ3) is 6.48. The average molecular weight is 482 g/mol. The molecule has 0 spiro atoms. The van der Waals surface area contributed by atoms with E-state index in [1.807, 2.05) is 6.92 Å². The molecule has 1 unspecified atom stereocenters. The lowest BCUT2D eigenvalue weighted by molar-refractivity contribution is 0.0386. The molecular weight excluding hydrogens is 460 g/mol. The predicted molar refractivity (Wildman–Crippen MR) is 108 cm³/mol. The van der Waals surface area contributed by atoms with Gasteiger partial charge in [-0.2, -0.15) is 0 Å². The third-order valence-electron chi connectivity index (χ3n) is 3.40. The van der Waals surface area contributed by atoms with E-state index in [2.05, 4.69) is 15.6 Å². The van der Waals surface area contributed by atoms with Gasteiger partial charge in [0.2, 0.25) is 0 Å². The number of nitrogens with zero attached hydrogens (tertiary/aromatic N) is 1. The lowest BCUT2D eigenvalue weighted by atomic mass is 10.0. The van der Waals surface area contributed by atoms with E-state index < -0.39 is 11.4 Å². The molecule has 25 heavy (non-hydrogen) atoms. The van der Waals surface area contributed by atoms with E-state index in [0.717, 1.165) is 5.56 Å². The molecular formula is C17H22ClFIN3O2. The Morgan fingerprint density at radius 3 is 2.72 bits per heavy atom. The van der Waals surface area contributed by atoms with Gasteiger partial charge in [0.05, 0.1) is 24.4 Å². The molecule has 138 valence electrons. The van der Waals surface area contributed by atoms with Crippen molar-refractivity contribution in [3.63, 3.8) is 0 Å². The van der Waals surface area contributed by atoms with Crippen LogP contribution < -0.4 is 10.6 Å². The van der Waals surface area contributed by atoms with E-state index in [1.54, 1.807) is 31.2 Å². The molecule has 0 fully saturated rings. The largest absolute Gasteiger partial charge is 0.466 e. The fourth-order valence-corrected chi connectivity index (χ4v) is 2.28. The van der Waals surface area contributed by atoms with Crippen LogP contribution in [0.1, 0.15) is 25.2 Å². The van der Waals surface area contributed by atoms with Crippen LogP contribution in [-0.2, 0) is 12.1 Å². The molecule has 0 bridgehead atoms. The van der Waals surface area contributed by atoms with Crippen molar-refractivity contribution >= 4 is 41.5 Å². The standard InChI is InChI=1S/C17H21ClFN3O2.HI/c1-3-20-16(21-10-12-6-7-14(19)13(18)9-12)22-11-17(2,23)15-5-4-8-24-15;/h4-9,23H,3,10-11H2,1-2H3,(H2,20,21,22);1H. The monoisotopic (exact) mass is 481 g/mol. The van der Waals surface area contributed by atoms with Gasteiger partial charge < -0.3 is 20.2 Å². The van der Waals surface area contributed by atoms with Gasteiger partial charge in [-0.05, 0) is 43.7 Å². The summed E-state index contributed by atoms with van der Waals surface area (Å²) in [5.41, 5.74) is -0.379. The fraction of sp³-hybridized carbons (Fsp3) is 0.353. The normalized spacial score (nSPS) is 13.7. The Balaban J connectivity index is 0.00000312. The molecule has 1 aromatic carbocycles. The van der Waals surface area contributed by atoms with Gasteiger partial charge in [-0.1, -0.05) is 17.7 Å². The first-order chi connectivity index (χ1) is 11.4. The van der Waals surface area contributed by atoms with Crippen molar-refractivity contribution in [3.8, 4) is 0 Å². The number of hydrogen-bond acceptors (Lipinski definition) is 3. The van der Waals surface area contributed by atoms with Crippen LogP contribution in [0.5, 0.6) is 0 Å². The van der Waals surface area contributed by atoms with Crippen LogP contribution in [0.15, 0.2) is 46.0 Å². The topological polar surface area (TPSA) is 69.8 Å². The number of halogens is 3. The minimum Gasteiger partial charge on any atom is -0.466 e. The van der Waals surface area contributed by atoms with Crippen molar-refractivity contribution in [1.82, 2.24) is 10.6 Å². The van der Waals surface area contributed by atoms with Crippen molar-refractivity contribution in [2.45, 2.75) is 26.0 Å². The predicted octanol–water partition coefficient (Wildman–Crippen LogP) is 3.65. The second-order valence-electron chi connectivity index (χ2n) is 5.55. The maximum atomic E-state index is 13.2. The number of aliphatic imine (C=N–C) groups is 1.